The van der Waals surface area contributed by atoms with Crippen LogP contribution in [0.1, 0.15) is 54.5 Å². The number of hydrogen-bond acceptors (Lipinski definition) is 6. The number of carbonyl (C=O) groups is 2. The molecule has 4 aromatic heterocycles. The van der Waals surface area contributed by atoms with Gasteiger partial charge in [0.2, 0.25) is 11.8 Å². The second-order valence-electron chi connectivity index (χ2n) is 14.4. The Morgan fingerprint density at radius 2 is 1.36 bits per heavy atom. The van der Waals surface area contributed by atoms with E-state index < -0.39 is 0 Å². The topological polar surface area (TPSA) is 102 Å². The minimum absolute atomic E-state index is 0.0364. The normalized spacial score (nSPS) is 18.2. The van der Waals surface area contributed by atoms with Crippen molar-refractivity contribution in [3.63, 3.8) is 0 Å². The Labute approximate surface area is 317 Å². The fourth-order valence-corrected chi connectivity index (χ4v) is 8.07. The van der Waals surface area contributed by atoms with Crippen molar-refractivity contribution >= 4 is 11.8 Å². The second-order valence-corrected chi connectivity index (χ2v) is 14.4. The summed E-state index contributed by atoms with van der Waals surface area (Å²) in [7, 11) is 3.75. The van der Waals surface area contributed by atoms with Crippen molar-refractivity contribution in [3.05, 3.63) is 132 Å². The third-order valence-corrected chi connectivity index (χ3v) is 10.9. The first-order valence-electron chi connectivity index (χ1n) is 18.3. The van der Waals surface area contributed by atoms with E-state index in [9.17, 15) is 18.4 Å². The molecule has 2 aliphatic heterocycles. The highest BCUT2D eigenvalue weighted by atomic mass is 19.1. The van der Waals surface area contributed by atoms with Crippen molar-refractivity contribution < 1.29 is 18.4 Å². The van der Waals surface area contributed by atoms with E-state index in [2.05, 4.69) is 6.58 Å². The van der Waals surface area contributed by atoms with Crippen LogP contribution in [-0.2, 0) is 23.7 Å². The van der Waals surface area contributed by atoms with Gasteiger partial charge in [-0.2, -0.15) is 10.2 Å². The number of hydrogen-bond donors (Lipinski definition) is 0. The van der Waals surface area contributed by atoms with Gasteiger partial charge in [-0.25, -0.2) is 8.78 Å². The standard InChI is InChI=1S/C43H40F2N8O2/c1-5-43(55)53-25-30(36-23-47-38(27-6-10-31(44)11-7-27)19-33(36)37-15-16-50(3)48-37)18-42(53)41-21-40(49-51(41)4)34-20-39(28-8-12-32(45)13-9-28)46-22-35(34)29-14-17-52(24-29)26(2)54/h5-13,15-16,19-23,29-30,42H,1,14,17-18,24-25H2,2-4H3. The van der Waals surface area contributed by atoms with Gasteiger partial charge in [0.15, 0.2) is 0 Å². The Morgan fingerprint density at radius 3 is 1.91 bits per heavy atom. The smallest absolute Gasteiger partial charge is 0.246 e. The number of likely N-dealkylation sites (tertiary alicyclic amines) is 2. The number of halogens is 2. The molecule has 12 heteroatoms. The van der Waals surface area contributed by atoms with Crippen LogP contribution in [0.4, 0.5) is 8.78 Å². The molecule has 0 spiro atoms. The summed E-state index contributed by atoms with van der Waals surface area (Å²) in [6.45, 7) is 7.07. The number of pyridine rings is 2. The molecule has 2 aliphatic rings. The predicted octanol–water partition coefficient (Wildman–Crippen LogP) is 7.47. The molecule has 3 atom stereocenters. The molecule has 0 bridgehead atoms. The molecule has 2 saturated heterocycles. The molecule has 0 saturated carbocycles. The van der Waals surface area contributed by atoms with E-state index in [1.165, 1.54) is 30.3 Å². The summed E-state index contributed by atoms with van der Waals surface area (Å²) < 4.78 is 31.2. The molecule has 2 fully saturated rings. The third-order valence-electron chi connectivity index (χ3n) is 10.9. The van der Waals surface area contributed by atoms with Crippen LogP contribution in [0.3, 0.4) is 0 Å². The van der Waals surface area contributed by atoms with Gasteiger partial charge >= 0.3 is 0 Å². The molecule has 6 aromatic rings. The SMILES string of the molecule is C=CC(=O)N1CC(c2cnc(-c3ccc(F)cc3)cc2-c2ccn(C)n2)CC1c1cc(-c2cc(-c3ccc(F)cc3)ncc2C2CCN(C(C)=O)C2)nn1C. The number of nitrogens with zero attached hydrogens (tertiary/aromatic N) is 8. The van der Waals surface area contributed by atoms with Gasteiger partial charge in [0.1, 0.15) is 11.6 Å². The quantitative estimate of drug-likeness (QED) is 0.150. The number of benzene rings is 2. The summed E-state index contributed by atoms with van der Waals surface area (Å²) in [5.74, 6) is -0.844. The summed E-state index contributed by atoms with van der Waals surface area (Å²) in [5.41, 5.74) is 8.96. The Balaban J connectivity index is 1.18. The van der Waals surface area contributed by atoms with Crippen LogP contribution in [0.15, 0.2) is 104 Å². The molecule has 2 amide bonds. The summed E-state index contributed by atoms with van der Waals surface area (Å²) in [4.78, 5) is 39.2. The predicted molar refractivity (Wildman–Crippen MR) is 205 cm³/mol. The highest BCUT2D eigenvalue weighted by Crippen LogP contribution is 2.45. The van der Waals surface area contributed by atoms with Gasteiger partial charge in [-0.15, -0.1) is 0 Å². The molecule has 55 heavy (non-hydrogen) atoms. The lowest BCUT2D eigenvalue weighted by atomic mass is 9.90. The van der Waals surface area contributed by atoms with E-state index in [0.29, 0.717) is 43.1 Å². The minimum Gasteiger partial charge on any atom is -0.342 e. The Bertz CT molecular complexity index is 2420. The fraction of sp³-hybridized carbons (Fsp3) is 0.256. The van der Waals surface area contributed by atoms with Gasteiger partial charge in [0.05, 0.1) is 34.5 Å². The van der Waals surface area contributed by atoms with Crippen molar-refractivity contribution in [2.24, 2.45) is 14.1 Å². The van der Waals surface area contributed by atoms with Crippen molar-refractivity contribution in [2.45, 2.75) is 37.6 Å². The zero-order valence-corrected chi connectivity index (χ0v) is 30.9. The van der Waals surface area contributed by atoms with Crippen LogP contribution < -0.4 is 0 Å². The molecule has 6 heterocycles. The van der Waals surface area contributed by atoms with Gasteiger partial charge in [-0.3, -0.25) is 28.9 Å². The molecule has 2 aromatic carbocycles. The summed E-state index contributed by atoms with van der Waals surface area (Å²) in [6.07, 6.45) is 8.33. The van der Waals surface area contributed by atoms with Crippen molar-refractivity contribution in [1.82, 2.24) is 39.3 Å². The van der Waals surface area contributed by atoms with Crippen LogP contribution >= 0.6 is 0 Å². The van der Waals surface area contributed by atoms with E-state index in [1.54, 1.807) is 35.9 Å². The zero-order valence-electron chi connectivity index (χ0n) is 30.9. The van der Waals surface area contributed by atoms with Gasteiger partial charge in [-0.1, -0.05) is 6.58 Å². The molecule has 0 N–H and O–H groups in total. The monoisotopic (exact) mass is 738 g/mol. The Kier molecular flexibility index (Phi) is 9.42. The largest absolute Gasteiger partial charge is 0.342 e. The van der Waals surface area contributed by atoms with Crippen LogP contribution in [0.25, 0.3) is 45.0 Å². The molecule has 0 radical (unpaired) electrons. The van der Waals surface area contributed by atoms with Gasteiger partial charge < -0.3 is 9.80 Å². The van der Waals surface area contributed by atoms with E-state index >= 15 is 0 Å². The molecule has 0 aliphatic carbocycles. The van der Waals surface area contributed by atoms with Crippen LogP contribution in [0, 0.1) is 11.6 Å². The summed E-state index contributed by atoms with van der Waals surface area (Å²) >= 11 is 0. The Hall–Kier alpha value is -6.30. The first-order valence-corrected chi connectivity index (χ1v) is 18.3. The fourth-order valence-electron chi connectivity index (χ4n) is 8.07. The Morgan fingerprint density at radius 1 is 0.764 bits per heavy atom. The number of rotatable bonds is 8. The molecule has 3 unspecified atom stereocenters. The van der Waals surface area contributed by atoms with E-state index in [4.69, 9.17) is 20.2 Å². The molecular formula is C43H40F2N8O2. The zero-order chi connectivity index (χ0) is 38.4. The number of aromatic nitrogens is 6. The average Bonchev–Trinajstić information content (AvgIpc) is 4.02. The first-order chi connectivity index (χ1) is 26.6. The highest BCUT2D eigenvalue weighted by Gasteiger charge is 2.39. The first kappa shape index (κ1) is 35.7. The molecule has 278 valence electrons. The van der Waals surface area contributed by atoms with Crippen LogP contribution in [-0.4, -0.2) is 70.8 Å². The average molecular weight is 739 g/mol. The maximum Gasteiger partial charge on any atom is 0.246 e. The van der Waals surface area contributed by atoms with Crippen LogP contribution in [0.5, 0.6) is 0 Å². The van der Waals surface area contributed by atoms with Gasteiger partial charge in [0.25, 0.3) is 0 Å². The lowest BCUT2D eigenvalue weighted by Gasteiger charge is -2.23. The van der Waals surface area contributed by atoms with Crippen molar-refractivity contribution in [2.75, 3.05) is 19.6 Å². The molecule has 8 rings (SSSR count). The van der Waals surface area contributed by atoms with E-state index in [0.717, 1.165) is 51.2 Å². The van der Waals surface area contributed by atoms with Gasteiger partial charge in [-0.05, 0) is 103 Å². The summed E-state index contributed by atoms with van der Waals surface area (Å²) in [6, 6.07) is 20.1. The minimum atomic E-state index is -0.336. The lowest BCUT2D eigenvalue weighted by molar-refractivity contribution is -0.128. The van der Waals surface area contributed by atoms with E-state index in [-0.39, 0.29) is 41.3 Å². The van der Waals surface area contributed by atoms with E-state index in [1.807, 2.05) is 71.4 Å². The highest BCUT2D eigenvalue weighted by molar-refractivity contribution is 5.88. The molecular weight excluding hydrogens is 699 g/mol. The third kappa shape index (κ3) is 6.95. The second kappa shape index (κ2) is 14.5. The summed E-state index contributed by atoms with van der Waals surface area (Å²) in [5, 5.41) is 9.75. The van der Waals surface area contributed by atoms with Crippen molar-refractivity contribution in [3.8, 4) is 45.0 Å². The van der Waals surface area contributed by atoms with Gasteiger partial charge in [0, 0.05) is 93.3 Å². The number of carbonyl (C=O) groups excluding carboxylic acids is 2. The maximum atomic E-state index is 13.9. The number of amides is 2. The van der Waals surface area contributed by atoms with Crippen LogP contribution in [0.2, 0.25) is 0 Å². The number of aryl methyl sites for hydroxylation is 2. The maximum absolute atomic E-state index is 13.9. The lowest BCUT2D eigenvalue weighted by Crippen LogP contribution is -2.30. The van der Waals surface area contributed by atoms with Crippen molar-refractivity contribution in [1.29, 1.82) is 0 Å². The molecule has 10 nitrogen and oxygen atoms in total.